The third-order valence-electron chi connectivity index (χ3n) is 8.68. The summed E-state index contributed by atoms with van der Waals surface area (Å²) in [6, 6.07) is 27.2. The number of rotatable bonds is 10. The predicted octanol–water partition coefficient (Wildman–Crippen LogP) is 4.58. The van der Waals surface area contributed by atoms with E-state index in [4.69, 9.17) is 20.2 Å². The smallest absolute Gasteiger partial charge is 0.311 e. The van der Waals surface area contributed by atoms with Crippen molar-refractivity contribution in [3.8, 4) is 5.75 Å². The predicted molar refractivity (Wildman–Crippen MR) is 176 cm³/mol. The van der Waals surface area contributed by atoms with Gasteiger partial charge in [0.05, 0.1) is 19.3 Å². The van der Waals surface area contributed by atoms with Gasteiger partial charge in [-0.05, 0) is 48.6 Å². The zero-order valence-electron chi connectivity index (χ0n) is 25.3. The van der Waals surface area contributed by atoms with Gasteiger partial charge < -0.3 is 25.6 Å². The molecule has 11 heteroatoms. The van der Waals surface area contributed by atoms with Gasteiger partial charge in [0.1, 0.15) is 22.2 Å². The van der Waals surface area contributed by atoms with Crippen molar-refractivity contribution in [1.29, 1.82) is 0 Å². The monoisotopic (exact) mass is 627 g/mol. The molecule has 234 valence electrons. The van der Waals surface area contributed by atoms with Crippen molar-refractivity contribution in [3.63, 3.8) is 0 Å². The maximum absolute atomic E-state index is 13.6. The van der Waals surface area contributed by atoms with Crippen molar-refractivity contribution in [2.75, 3.05) is 12.4 Å². The molecule has 1 aliphatic rings. The normalized spacial score (nSPS) is 19.8. The van der Waals surface area contributed by atoms with Crippen LogP contribution >= 0.6 is 11.3 Å². The van der Waals surface area contributed by atoms with Crippen LogP contribution in [0.25, 0.3) is 10.3 Å². The molecule has 10 nitrogen and oxygen atoms in total. The Morgan fingerprint density at radius 3 is 2.22 bits per heavy atom. The molecule has 6 rings (SSSR count). The Bertz CT molecular complexity index is 1830. The Kier molecular flexibility index (Phi) is 8.61. The fourth-order valence-corrected chi connectivity index (χ4v) is 7.12. The summed E-state index contributed by atoms with van der Waals surface area (Å²) >= 11 is 0.817. The van der Waals surface area contributed by atoms with E-state index in [2.05, 4.69) is 10.3 Å². The van der Waals surface area contributed by atoms with Crippen LogP contribution in [0.2, 0.25) is 0 Å². The Balaban J connectivity index is 1.55. The number of fused-ring (bicyclic) bond motifs is 1. The SMILES string of the molecule is CC[C@H](O)[C@@H]1C[C@@H]([C@H](C)N)[C@H](n2c(=O)sc3c(=O)[nH]c(NC(c4ccccc4)(c4ccccc4)c4ccc(OC)cc4)nc32)O1. The summed E-state index contributed by atoms with van der Waals surface area (Å²) in [7, 11) is 1.62. The van der Waals surface area contributed by atoms with Gasteiger partial charge in [0.2, 0.25) is 5.95 Å². The van der Waals surface area contributed by atoms with Crippen molar-refractivity contribution in [2.45, 2.75) is 56.7 Å². The van der Waals surface area contributed by atoms with E-state index in [9.17, 15) is 14.7 Å². The van der Waals surface area contributed by atoms with Crippen LogP contribution in [-0.2, 0) is 10.3 Å². The lowest BCUT2D eigenvalue weighted by Gasteiger charge is -2.37. The van der Waals surface area contributed by atoms with Gasteiger partial charge in [-0.1, -0.05) is 91.1 Å². The molecule has 0 aliphatic carbocycles. The van der Waals surface area contributed by atoms with E-state index < -0.39 is 29.5 Å². The van der Waals surface area contributed by atoms with Crippen molar-refractivity contribution in [2.24, 2.45) is 11.7 Å². The van der Waals surface area contributed by atoms with E-state index in [-0.39, 0.29) is 33.1 Å². The Labute approximate surface area is 264 Å². The molecule has 5 atom stereocenters. The van der Waals surface area contributed by atoms with Gasteiger partial charge in [0.15, 0.2) is 5.65 Å². The van der Waals surface area contributed by atoms with Crippen LogP contribution < -0.4 is 26.2 Å². The number of aromatic amines is 1. The van der Waals surface area contributed by atoms with Crippen LogP contribution in [0.4, 0.5) is 5.95 Å². The maximum atomic E-state index is 13.6. The first-order chi connectivity index (χ1) is 21.8. The topological polar surface area (TPSA) is 144 Å². The zero-order valence-corrected chi connectivity index (χ0v) is 26.2. The minimum atomic E-state index is -1.01. The van der Waals surface area contributed by atoms with E-state index in [0.717, 1.165) is 28.0 Å². The summed E-state index contributed by atoms with van der Waals surface area (Å²) < 4.78 is 13.3. The molecular formula is C34H37N5O5S. The summed E-state index contributed by atoms with van der Waals surface area (Å²) in [5, 5.41) is 14.2. The van der Waals surface area contributed by atoms with Gasteiger partial charge in [0.25, 0.3) is 5.56 Å². The summed E-state index contributed by atoms with van der Waals surface area (Å²) in [4.78, 5) is 34.5. The molecule has 0 radical (unpaired) electrons. The van der Waals surface area contributed by atoms with Crippen molar-refractivity contribution < 1.29 is 14.6 Å². The highest BCUT2D eigenvalue weighted by Crippen LogP contribution is 2.41. The Hall–Kier alpha value is -4.29. The molecule has 45 heavy (non-hydrogen) atoms. The Morgan fingerprint density at radius 1 is 1.07 bits per heavy atom. The van der Waals surface area contributed by atoms with Crippen LogP contribution in [0.3, 0.4) is 0 Å². The number of aromatic nitrogens is 3. The first-order valence-electron chi connectivity index (χ1n) is 15.0. The summed E-state index contributed by atoms with van der Waals surface area (Å²) in [5.41, 5.74) is 7.79. The fraction of sp³-hybridized carbons (Fsp3) is 0.324. The third-order valence-corrected chi connectivity index (χ3v) is 9.62. The number of benzene rings is 3. The minimum Gasteiger partial charge on any atom is -0.497 e. The van der Waals surface area contributed by atoms with Crippen LogP contribution in [-0.4, -0.2) is 45.0 Å². The van der Waals surface area contributed by atoms with E-state index in [1.165, 1.54) is 4.57 Å². The number of hydrogen-bond donors (Lipinski definition) is 4. The molecule has 0 unspecified atom stereocenters. The molecule has 5 N–H and O–H groups in total. The molecule has 2 aromatic heterocycles. The van der Waals surface area contributed by atoms with E-state index in [1.54, 1.807) is 7.11 Å². The average molecular weight is 628 g/mol. The molecule has 1 fully saturated rings. The maximum Gasteiger partial charge on any atom is 0.311 e. The third kappa shape index (κ3) is 5.57. The molecule has 3 heterocycles. The van der Waals surface area contributed by atoms with Crippen molar-refractivity contribution in [3.05, 3.63) is 122 Å². The lowest BCUT2D eigenvalue weighted by Crippen LogP contribution is -2.39. The second kappa shape index (κ2) is 12.6. The molecule has 1 saturated heterocycles. The number of hydrogen-bond acceptors (Lipinski definition) is 9. The van der Waals surface area contributed by atoms with E-state index >= 15 is 0 Å². The van der Waals surface area contributed by atoms with Gasteiger partial charge in [-0.3, -0.25) is 19.1 Å². The Morgan fingerprint density at radius 2 is 1.67 bits per heavy atom. The van der Waals surface area contributed by atoms with Gasteiger partial charge in [-0.15, -0.1) is 0 Å². The fourth-order valence-electron chi connectivity index (χ4n) is 6.28. The molecular weight excluding hydrogens is 590 g/mol. The van der Waals surface area contributed by atoms with E-state index in [0.29, 0.717) is 18.6 Å². The van der Waals surface area contributed by atoms with Gasteiger partial charge >= 0.3 is 4.87 Å². The van der Waals surface area contributed by atoms with Crippen LogP contribution in [0, 0.1) is 5.92 Å². The van der Waals surface area contributed by atoms with Crippen molar-refractivity contribution >= 4 is 27.6 Å². The lowest BCUT2D eigenvalue weighted by molar-refractivity contribution is -0.0664. The number of nitrogens with two attached hydrogens (primary N) is 1. The molecule has 1 aliphatic heterocycles. The number of methoxy groups -OCH3 is 1. The highest BCUT2D eigenvalue weighted by atomic mass is 32.1. The minimum absolute atomic E-state index is 0.170. The lowest BCUT2D eigenvalue weighted by atomic mass is 9.77. The molecule has 0 saturated carbocycles. The quantitative estimate of drug-likeness (QED) is 0.165. The number of aliphatic hydroxyl groups excluding tert-OH is 1. The van der Waals surface area contributed by atoms with Gasteiger partial charge in [-0.2, -0.15) is 4.98 Å². The zero-order chi connectivity index (χ0) is 31.7. The summed E-state index contributed by atoms with van der Waals surface area (Å²) in [6.07, 6.45) is -0.989. The van der Waals surface area contributed by atoms with Crippen molar-refractivity contribution in [1.82, 2.24) is 14.5 Å². The largest absolute Gasteiger partial charge is 0.497 e. The van der Waals surface area contributed by atoms with Crippen LogP contribution in [0.5, 0.6) is 5.75 Å². The first kappa shape index (κ1) is 30.7. The molecule has 0 bridgehead atoms. The highest BCUT2D eigenvalue weighted by molar-refractivity contribution is 7.16. The number of nitrogens with zero attached hydrogens (tertiary/aromatic N) is 2. The standard InChI is InChI=1S/C34H37N5O5S/c1-4-26(40)27-19-25(20(2)35)31(44-27)39-29-28(45-33(39)42)30(41)37-32(36-29)38-34(21-11-7-5-8-12-21,22-13-9-6-10-14-22)23-15-17-24(43-3)18-16-23/h5-18,20,25-27,31,40H,4,19,35H2,1-3H3,(H2,36,37,38,41)/t20-,25-,26-,27-,31+/m0/s1. The van der Waals surface area contributed by atoms with Gasteiger partial charge in [0, 0.05) is 12.0 Å². The summed E-state index contributed by atoms with van der Waals surface area (Å²) in [6.45, 7) is 3.74. The number of aliphatic hydroxyl groups is 1. The molecule has 3 aromatic carbocycles. The second-order valence-electron chi connectivity index (χ2n) is 11.4. The number of H-pyrrole nitrogens is 1. The van der Waals surface area contributed by atoms with Crippen LogP contribution in [0.1, 0.15) is 49.6 Å². The molecule has 5 aromatic rings. The molecule has 0 spiro atoms. The number of ether oxygens (including phenoxy) is 2. The average Bonchev–Trinajstić information content (AvgIpc) is 3.65. The van der Waals surface area contributed by atoms with Crippen LogP contribution in [0.15, 0.2) is 94.5 Å². The van der Waals surface area contributed by atoms with Gasteiger partial charge in [-0.25, -0.2) is 0 Å². The number of anilines is 1. The van der Waals surface area contributed by atoms with E-state index in [1.807, 2.05) is 98.8 Å². The molecule has 0 amide bonds. The first-order valence-corrected chi connectivity index (χ1v) is 15.9. The second-order valence-corrected chi connectivity index (χ2v) is 12.4. The number of nitrogens with one attached hydrogen (secondary N) is 2. The summed E-state index contributed by atoms with van der Waals surface area (Å²) in [5.74, 6) is 0.607. The number of thiazole rings is 1. The highest BCUT2D eigenvalue weighted by Gasteiger charge is 2.43.